The Hall–Kier alpha value is -0.470. The Morgan fingerprint density at radius 2 is 2.00 bits per heavy atom. The van der Waals surface area contributed by atoms with Crippen LogP contribution in [0.1, 0.15) is 30.7 Å². The molecule has 2 rings (SSSR count). The van der Waals surface area contributed by atoms with Crippen LogP contribution in [0.25, 0.3) is 0 Å². The molecule has 0 heterocycles. The average molecular weight is 235 g/mol. The Bertz CT molecular complexity index is 308. The van der Waals surface area contributed by atoms with Crippen LogP contribution in [-0.2, 0) is 0 Å². The number of likely N-dealkylation sites (N-methyl/N-ethyl adjacent to an activating group) is 1. The molecule has 0 N–H and O–H groups in total. The Kier molecular flexibility index (Phi) is 4.30. The van der Waals surface area contributed by atoms with Gasteiger partial charge in [-0.3, -0.25) is 0 Å². The van der Waals surface area contributed by atoms with E-state index in [-0.39, 0.29) is 0 Å². The molecular formula is C14H21NS. The van der Waals surface area contributed by atoms with Gasteiger partial charge in [0.25, 0.3) is 0 Å². The molecule has 0 spiro atoms. The van der Waals surface area contributed by atoms with Crippen molar-refractivity contribution in [2.24, 2.45) is 0 Å². The van der Waals surface area contributed by atoms with E-state index >= 15 is 0 Å². The molecular weight excluding hydrogens is 214 g/mol. The maximum Gasteiger partial charge on any atom is 0.00924 e. The molecule has 1 atom stereocenters. The molecule has 1 aromatic carbocycles. The van der Waals surface area contributed by atoms with Crippen LogP contribution in [0.2, 0.25) is 0 Å². The predicted octanol–water partition coefficient (Wildman–Crippen LogP) is 3.18. The Morgan fingerprint density at radius 1 is 1.31 bits per heavy atom. The molecule has 88 valence electrons. The first-order chi connectivity index (χ1) is 7.81. The summed E-state index contributed by atoms with van der Waals surface area (Å²) in [7, 11) is 2.25. The van der Waals surface area contributed by atoms with Crippen LogP contribution in [0.15, 0.2) is 30.3 Å². The van der Waals surface area contributed by atoms with E-state index in [1.807, 2.05) is 0 Å². The molecule has 1 nitrogen and oxygen atoms in total. The second-order valence-electron chi connectivity index (χ2n) is 4.81. The summed E-state index contributed by atoms with van der Waals surface area (Å²) in [5.74, 6) is 1.50. The van der Waals surface area contributed by atoms with E-state index in [1.165, 1.54) is 24.8 Å². The molecule has 2 heteroatoms. The molecule has 1 unspecified atom stereocenters. The van der Waals surface area contributed by atoms with Gasteiger partial charge in [-0.2, -0.15) is 12.6 Å². The number of nitrogens with zero attached hydrogens (tertiary/aromatic N) is 1. The van der Waals surface area contributed by atoms with Crippen molar-refractivity contribution in [2.75, 3.05) is 19.3 Å². The standard InChI is InChI=1S/C14H21NS/c1-15(14-8-5-9-14)10-13(11-16)12-6-3-2-4-7-12/h2-4,6-7,13-14,16H,5,8-11H2,1H3. The molecule has 0 radical (unpaired) electrons. The zero-order valence-electron chi connectivity index (χ0n) is 9.97. The second kappa shape index (κ2) is 5.74. The summed E-state index contributed by atoms with van der Waals surface area (Å²) in [4.78, 5) is 2.51. The summed E-state index contributed by atoms with van der Waals surface area (Å²) in [6.07, 6.45) is 4.17. The molecule has 1 aliphatic carbocycles. The van der Waals surface area contributed by atoms with Gasteiger partial charge in [0.2, 0.25) is 0 Å². The second-order valence-corrected chi connectivity index (χ2v) is 5.18. The highest BCUT2D eigenvalue weighted by Crippen LogP contribution is 2.26. The summed E-state index contributed by atoms with van der Waals surface area (Å²) in [5, 5.41) is 0. The van der Waals surface area contributed by atoms with Crippen molar-refractivity contribution in [3.05, 3.63) is 35.9 Å². The van der Waals surface area contributed by atoms with E-state index in [4.69, 9.17) is 0 Å². The molecule has 0 saturated heterocycles. The minimum atomic E-state index is 0.565. The van der Waals surface area contributed by atoms with Crippen molar-refractivity contribution >= 4 is 12.6 Å². The maximum atomic E-state index is 4.49. The highest BCUT2D eigenvalue weighted by Gasteiger charge is 2.24. The third-order valence-electron chi connectivity index (χ3n) is 3.70. The van der Waals surface area contributed by atoms with Gasteiger partial charge >= 0.3 is 0 Å². The fraction of sp³-hybridized carbons (Fsp3) is 0.571. The number of hydrogen-bond donors (Lipinski definition) is 1. The minimum absolute atomic E-state index is 0.565. The molecule has 0 aromatic heterocycles. The van der Waals surface area contributed by atoms with Gasteiger partial charge in [0, 0.05) is 18.5 Å². The van der Waals surface area contributed by atoms with Crippen molar-refractivity contribution in [1.29, 1.82) is 0 Å². The fourth-order valence-electron chi connectivity index (χ4n) is 2.32. The number of hydrogen-bond acceptors (Lipinski definition) is 2. The monoisotopic (exact) mass is 235 g/mol. The molecule has 1 saturated carbocycles. The van der Waals surface area contributed by atoms with Crippen LogP contribution in [-0.4, -0.2) is 30.3 Å². The first kappa shape index (κ1) is 12.0. The van der Waals surface area contributed by atoms with Gasteiger partial charge in [-0.25, -0.2) is 0 Å². The van der Waals surface area contributed by atoms with Crippen molar-refractivity contribution < 1.29 is 0 Å². The van der Waals surface area contributed by atoms with Crippen LogP contribution >= 0.6 is 12.6 Å². The predicted molar refractivity (Wildman–Crippen MR) is 73.3 cm³/mol. The van der Waals surface area contributed by atoms with Gasteiger partial charge in [0.05, 0.1) is 0 Å². The lowest BCUT2D eigenvalue weighted by Crippen LogP contribution is -2.39. The highest BCUT2D eigenvalue weighted by molar-refractivity contribution is 7.80. The summed E-state index contributed by atoms with van der Waals surface area (Å²) >= 11 is 4.49. The van der Waals surface area contributed by atoms with Crippen LogP contribution in [0, 0.1) is 0 Å². The molecule has 1 aromatic rings. The molecule has 1 aliphatic rings. The van der Waals surface area contributed by atoms with Crippen molar-refractivity contribution in [1.82, 2.24) is 4.90 Å². The quantitative estimate of drug-likeness (QED) is 0.767. The van der Waals surface area contributed by atoms with Crippen molar-refractivity contribution in [3.8, 4) is 0 Å². The van der Waals surface area contributed by atoms with Gasteiger partial charge in [0.1, 0.15) is 0 Å². The fourth-order valence-corrected chi connectivity index (χ4v) is 2.64. The van der Waals surface area contributed by atoms with E-state index in [1.54, 1.807) is 0 Å². The molecule has 1 fully saturated rings. The van der Waals surface area contributed by atoms with Crippen LogP contribution in [0.5, 0.6) is 0 Å². The van der Waals surface area contributed by atoms with Gasteiger partial charge in [0.15, 0.2) is 0 Å². The smallest absolute Gasteiger partial charge is 0.00924 e. The molecule has 0 bridgehead atoms. The van der Waals surface area contributed by atoms with Crippen molar-refractivity contribution in [2.45, 2.75) is 31.2 Å². The SMILES string of the molecule is CN(CC(CS)c1ccccc1)C1CCC1. The van der Waals surface area contributed by atoms with E-state index < -0.39 is 0 Å². The van der Waals surface area contributed by atoms with Gasteiger partial charge < -0.3 is 4.90 Å². The number of thiol groups is 1. The number of rotatable bonds is 5. The van der Waals surface area contributed by atoms with Gasteiger partial charge in [-0.05, 0) is 31.2 Å². The molecule has 16 heavy (non-hydrogen) atoms. The van der Waals surface area contributed by atoms with E-state index in [2.05, 4.69) is 54.9 Å². The number of benzene rings is 1. The lowest BCUT2D eigenvalue weighted by molar-refractivity contribution is 0.154. The topological polar surface area (TPSA) is 3.24 Å². The normalized spacial score (nSPS) is 18.4. The summed E-state index contributed by atoms with van der Waals surface area (Å²) in [5.41, 5.74) is 1.42. The summed E-state index contributed by atoms with van der Waals surface area (Å²) in [6.45, 7) is 1.14. The van der Waals surface area contributed by atoms with E-state index in [9.17, 15) is 0 Å². The lowest BCUT2D eigenvalue weighted by atomic mass is 9.90. The van der Waals surface area contributed by atoms with Gasteiger partial charge in [-0.1, -0.05) is 36.8 Å². The Labute approximate surface area is 104 Å². The summed E-state index contributed by atoms with van der Waals surface area (Å²) in [6, 6.07) is 11.6. The Morgan fingerprint density at radius 3 is 2.50 bits per heavy atom. The first-order valence-electron chi connectivity index (χ1n) is 6.17. The first-order valence-corrected chi connectivity index (χ1v) is 6.80. The molecule has 0 aliphatic heterocycles. The van der Waals surface area contributed by atoms with Crippen LogP contribution in [0.4, 0.5) is 0 Å². The lowest BCUT2D eigenvalue weighted by Gasteiger charge is -2.36. The zero-order valence-corrected chi connectivity index (χ0v) is 10.9. The maximum absolute atomic E-state index is 4.49. The van der Waals surface area contributed by atoms with Crippen LogP contribution < -0.4 is 0 Å². The van der Waals surface area contributed by atoms with E-state index in [0.29, 0.717) is 5.92 Å². The largest absolute Gasteiger partial charge is 0.303 e. The minimum Gasteiger partial charge on any atom is -0.303 e. The molecule has 0 amide bonds. The third-order valence-corrected chi connectivity index (χ3v) is 4.14. The van der Waals surface area contributed by atoms with Crippen molar-refractivity contribution in [3.63, 3.8) is 0 Å². The Balaban J connectivity index is 1.94. The van der Waals surface area contributed by atoms with E-state index in [0.717, 1.165) is 18.3 Å². The average Bonchev–Trinajstić information content (AvgIpc) is 2.24. The highest BCUT2D eigenvalue weighted by atomic mass is 32.1. The third kappa shape index (κ3) is 2.80. The summed E-state index contributed by atoms with van der Waals surface area (Å²) < 4.78 is 0. The zero-order chi connectivity index (χ0) is 11.4. The van der Waals surface area contributed by atoms with Gasteiger partial charge in [-0.15, -0.1) is 0 Å². The van der Waals surface area contributed by atoms with Crippen LogP contribution in [0.3, 0.4) is 0 Å².